The topological polar surface area (TPSA) is 75.7 Å². The molecule has 1 N–H and O–H groups in total. The summed E-state index contributed by atoms with van der Waals surface area (Å²) in [5.41, 5.74) is 3.05. The SMILES string of the molecule is COc1ccc(NC(=O)CCCN(c2cc(C)ccc2C)S(C)(=O)=O)cc1Cl. The molecule has 28 heavy (non-hydrogen) atoms. The molecule has 0 spiro atoms. The fraction of sp³-hybridized carbons (Fsp3) is 0.350. The second kappa shape index (κ2) is 9.30. The van der Waals surface area contributed by atoms with E-state index in [1.807, 2.05) is 32.0 Å². The van der Waals surface area contributed by atoms with Crippen molar-refractivity contribution in [3.8, 4) is 5.75 Å². The van der Waals surface area contributed by atoms with E-state index in [0.717, 1.165) is 11.1 Å². The quantitative estimate of drug-likeness (QED) is 0.690. The van der Waals surface area contributed by atoms with Crippen molar-refractivity contribution in [1.29, 1.82) is 0 Å². The Morgan fingerprint density at radius 1 is 1.18 bits per heavy atom. The Kier molecular flexibility index (Phi) is 7.32. The van der Waals surface area contributed by atoms with E-state index in [9.17, 15) is 13.2 Å². The Bertz CT molecular complexity index is 961. The zero-order valence-corrected chi connectivity index (χ0v) is 18.0. The molecule has 2 aromatic rings. The van der Waals surface area contributed by atoms with Crippen LogP contribution in [0.3, 0.4) is 0 Å². The molecule has 0 aromatic heterocycles. The molecule has 0 radical (unpaired) electrons. The molecule has 2 aromatic carbocycles. The molecule has 0 aliphatic carbocycles. The van der Waals surface area contributed by atoms with Crippen LogP contribution < -0.4 is 14.4 Å². The van der Waals surface area contributed by atoms with Crippen LogP contribution in [0.25, 0.3) is 0 Å². The lowest BCUT2D eigenvalue weighted by atomic mass is 10.1. The van der Waals surface area contributed by atoms with E-state index in [-0.39, 0.29) is 18.9 Å². The first kappa shape index (κ1) is 22.0. The third-order valence-corrected chi connectivity index (χ3v) is 5.71. The Morgan fingerprint density at radius 3 is 2.50 bits per heavy atom. The van der Waals surface area contributed by atoms with Crippen LogP contribution >= 0.6 is 11.6 Å². The molecular formula is C20H25ClN2O4S. The van der Waals surface area contributed by atoms with Gasteiger partial charge in [0.15, 0.2) is 0 Å². The Balaban J connectivity index is 2.01. The summed E-state index contributed by atoms with van der Waals surface area (Å²) in [7, 11) is -1.94. The van der Waals surface area contributed by atoms with E-state index in [0.29, 0.717) is 28.6 Å². The summed E-state index contributed by atoms with van der Waals surface area (Å²) in [4.78, 5) is 12.2. The highest BCUT2D eigenvalue weighted by molar-refractivity contribution is 7.92. The number of halogens is 1. The number of nitrogens with one attached hydrogen (secondary N) is 1. The number of nitrogens with zero attached hydrogens (tertiary/aromatic N) is 1. The van der Waals surface area contributed by atoms with Crippen molar-refractivity contribution in [2.75, 3.05) is 29.5 Å². The Morgan fingerprint density at radius 2 is 1.89 bits per heavy atom. The number of carbonyl (C=O) groups excluding carboxylic acids is 1. The van der Waals surface area contributed by atoms with Crippen LogP contribution in [0.4, 0.5) is 11.4 Å². The molecule has 0 saturated heterocycles. The first-order valence-electron chi connectivity index (χ1n) is 8.80. The number of anilines is 2. The fourth-order valence-corrected chi connectivity index (χ4v) is 4.08. The maximum atomic E-state index is 12.3. The zero-order chi connectivity index (χ0) is 20.9. The molecule has 8 heteroatoms. The standard InChI is InChI=1S/C20H25ClN2O4S/c1-14-7-8-15(2)18(12-14)23(28(4,25)26)11-5-6-20(24)22-16-9-10-19(27-3)17(21)13-16/h7-10,12-13H,5-6,11H2,1-4H3,(H,22,24). The molecule has 6 nitrogen and oxygen atoms in total. The predicted octanol–water partition coefficient (Wildman–Crippen LogP) is 4.15. The number of rotatable bonds is 8. The van der Waals surface area contributed by atoms with Gasteiger partial charge in [-0.05, 0) is 55.7 Å². The van der Waals surface area contributed by atoms with Gasteiger partial charge in [0.1, 0.15) is 5.75 Å². The minimum atomic E-state index is -3.46. The largest absolute Gasteiger partial charge is 0.495 e. The first-order valence-corrected chi connectivity index (χ1v) is 11.0. The Hall–Kier alpha value is -2.25. The van der Waals surface area contributed by atoms with Gasteiger partial charge in [0, 0.05) is 18.7 Å². The number of hydrogen-bond acceptors (Lipinski definition) is 4. The summed E-state index contributed by atoms with van der Waals surface area (Å²) in [6.45, 7) is 4.00. The van der Waals surface area contributed by atoms with Crippen LogP contribution in [-0.4, -0.2) is 34.2 Å². The van der Waals surface area contributed by atoms with Crippen LogP contribution in [0, 0.1) is 13.8 Å². The highest BCUT2D eigenvalue weighted by Gasteiger charge is 2.19. The van der Waals surface area contributed by atoms with Gasteiger partial charge >= 0.3 is 0 Å². The van der Waals surface area contributed by atoms with E-state index in [2.05, 4.69) is 5.32 Å². The average molecular weight is 425 g/mol. The van der Waals surface area contributed by atoms with Gasteiger partial charge in [-0.1, -0.05) is 23.7 Å². The molecular weight excluding hydrogens is 400 g/mol. The van der Waals surface area contributed by atoms with Crippen molar-refractivity contribution in [2.45, 2.75) is 26.7 Å². The highest BCUT2D eigenvalue weighted by Crippen LogP contribution is 2.27. The summed E-state index contributed by atoms with van der Waals surface area (Å²) in [5.74, 6) is 0.313. The molecule has 0 atom stereocenters. The normalized spacial score (nSPS) is 11.2. The lowest BCUT2D eigenvalue weighted by Gasteiger charge is -2.24. The molecule has 0 aliphatic rings. The number of carbonyl (C=O) groups is 1. The average Bonchev–Trinajstić information content (AvgIpc) is 2.60. The predicted molar refractivity (Wildman–Crippen MR) is 114 cm³/mol. The summed E-state index contributed by atoms with van der Waals surface area (Å²) in [6.07, 6.45) is 1.74. The molecule has 152 valence electrons. The van der Waals surface area contributed by atoms with Gasteiger partial charge in [0.25, 0.3) is 0 Å². The number of ether oxygens (including phenoxy) is 1. The van der Waals surface area contributed by atoms with Crippen LogP contribution in [0.5, 0.6) is 5.75 Å². The van der Waals surface area contributed by atoms with Gasteiger partial charge in [-0.15, -0.1) is 0 Å². The molecule has 0 fully saturated rings. The molecule has 0 heterocycles. The van der Waals surface area contributed by atoms with Gasteiger partial charge in [-0.3, -0.25) is 9.10 Å². The number of hydrogen-bond donors (Lipinski definition) is 1. The van der Waals surface area contributed by atoms with Crippen molar-refractivity contribution in [3.05, 3.63) is 52.5 Å². The van der Waals surface area contributed by atoms with Crippen molar-refractivity contribution >= 4 is 38.9 Å². The third-order valence-electron chi connectivity index (χ3n) is 4.23. The maximum absolute atomic E-state index is 12.3. The van der Waals surface area contributed by atoms with Crippen molar-refractivity contribution in [3.63, 3.8) is 0 Å². The van der Waals surface area contributed by atoms with Crippen LogP contribution in [0.15, 0.2) is 36.4 Å². The Labute approximate surface area is 171 Å². The van der Waals surface area contributed by atoms with Crippen molar-refractivity contribution < 1.29 is 17.9 Å². The maximum Gasteiger partial charge on any atom is 0.232 e. The zero-order valence-electron chi connectivity index (χ0n) is 16.5. The van der Waals surface area contributed by atoms with Crippen LogP contribution in [0.1, 0.15) is 24.0 Å². The fourth-order valence-electron chi connectivity index (χ4n) is 2.80. The number of benzene rings is 2. The minimum Gasteiger partial charge on any atom is -0.495 e. The number of sulfonamides is 1. The molecule has 2 rings (SSSR count). The number of amides is 1. The lowest BCUT2D eigenvalue weighted by molar-refractivity contribution is -0.116. The molecule has 0 aliphatic heterocycles. The van der Waals surface area contributed by atoms with Gasteiger partial charge in [-0.2, -0.15) is 0 Å². The van der Waals surface area contributed by atoms with Crippen LogP contribution in [0.2, 0.25) is 5.02 Å². The van der Waals surface area contributed by atoms with Crippen molar-refractivity contribution in [2.24, 2.45) is 0 Å². The molecule has 0 saturated carbocycles. The van der Waals surface area contributed by atoms with E-state index < -0.39 is 10.0 Å². The third kappa shape index (κ3) is 5.87. The van der Waals surface area contributed by atoms with Gasteiger partial charge in [0.05, 0.1) is 24.1 Å². The van der Waals surface area contributed by atoms with Gasteiger partial charge in [0.2, 0.25) is 15.9 Å². The van der Waals surface area contributed by atoms with Crippen molar-refractivity contribution in [1.82, 2.24) is 0 Å². The minimum absolute atomic E-state index is 0.181. The smallest absolute Gasteiger partial charge is 0.232 e. The summed E-state index contributed by atoms with van der Waals surface area (Å²) < 4.78 is 31.0. The van der Waals surface area contributed by atoms with E-state index in [1.165, 1.54) is 17.7 Å². The molecule has 1 amide bonds. The van der Waals surface area contributed by atoms with Gasteiger partial charge in [-0.25, -0.2) is 8.42 Å². The van der Waals surface area contributed by atoms with E-state index in [4.69, 9.17) is 16.3 Å². The second-order valence-corrected chi connectivity index (χ2v) is 8.94. The second-order valence-electron chi connectivity index (χ2n) is 6.63. The monoisotopic (exact) mass is 424 g/mol. The van der Waals surface area contributed by atoms with E-state index in [1.54, 1.807) is 18.2 Å². The number of methoxy groups -OCH3 is 1. The first-order chi connectivity index (χ1) is 13.1. The summed E-state index contributed by atoms with van der Waals surface area (Å²) in [5, 5.41) is 3.16. The molecule has 0 bridgehead atoms. The number of aryl methyl sites for hydroxylation is 2. The lowest BCUT2D eigenvalue weighted by Crippen LogP contribution is -2.32. The molecule has 0 unspecified atom stereocenters. The summed E-state index contributed by atoms with van der Waals surface area (Å²) in [6, 6.07) is 10.6. The highest BCUT2D eigenvalue weighted by atomic mass is 35.5. The van der Waals surface area contributed by atoms with Gasteiger partial charge < -0.3 is 10.1 Å². The summed E-state index contributed by atoms with van der Waals surface area (Å²) >= 11 is 6.05. The van der Waals surface area contributed by atoms with Crippen LogP contribution in [-0.2, 0) is 14.8 Å². The van der Waals surface area contributed by atoms with E-state index >= 15 is 0 Å².